The molecule has 42 heavy (non-hydrogen) atoms. The number of aliphatic hydroxyl groups is 1. The Bertz CT molecular complexity index is 1390. The summed E-state index contributed by atoms with van der Waals surface area (Å²) in [5.74, 6) is -1.16. The highest BCUT2D eigenvalue weighted by Gasteiger charge is 2.43. The monoisotopic (exact) mass is 615 g/mol. The number of pyridine rings is 1. The Labute approximate surface area is 258 Å². The standard InChI is InChI=1S/C32H38ClN3O5.ClH/c1-4-36(3)18-7-19-41-28-20-22(10-12-26(28)33)29-25(24-9-6-5-8-21(24)2)11-13-27(34-29)30(38)35-32(31(39)40)16-14-23(37)15-17-32;/h5-6,8-13,20,23,37H,4,7,14-19H2,1-3H3,(H,35,38)(H,39,40);1H. The number of ether oxygens (including phenoxy) is 1. The predicted molar refractivity (Wildman–Crippen MR) is 168 cm³/mol. The average Bonchev–Trinajstić information content (AvgIpc) is 2.97. The lowest BCUT2D eigenvalue weighted by molar-refractivity contribution is -0.146. The van der Waals surface area contributed by atoms with E-state index in [0.29, 0.717) is 35.9 Å². The summed E-state index contributed by atoms with van der Waals surface area (Å²) in [6.45, 7) is 6.48. The summed E-state index contributed by atoms with van der Waals surface area (Å²) in [5.41, 5.74) is 2.77. The first-order valence-electron chi connectivity index (χ1n) is 14.1. The molecule has 3 aromatic rings. The Kier molecular flexibility index (Phi) is 11.8. The summed E-state index contributed by atoms with van der Waals surface area (Å²) in [6, 6.07) is 16.8. The molecule has 226 valence electrons. The van der Waals surface area contributed by atoms with Gasteiger partial charge < -0.3 is 25.2 Å². The average molecular weight is 617 g/mol. The number of carbonyl (C=O) groups is 2. The zero-order valence-corrected chi connectivity index (χ0v) is 25.8. The first-order chi connectivity index (χ1) is 19.6. The number of amides is 1. The number of carbonyl (C=O) groups excluding carboxylic acids is 1. The lowest BCUT2D eigenvalue weighted by atomic mass is 9.80. The number of carboxylic acid groups (broad SMARTS) is 1. The van der Waals surface area contributed by atoms with E-state index in [-0.39, 0.29) is 30.9 Å². The van der Waals surface area contributed by atoms with Crippen molar-refractivity contribution in [2.24, 2.45) is 0 Å². The molecule has 0 unspecified atom stereocenters. The molecule has 0 bridgehead atoms. The van der Waals surface area contributed by atoms with Crippen LogP contribution in [0.2, 0.25) is 5.02 Å². The van der Waals surface area contributed by atoms with Crippen molar-refractivity contribution < 1.29 is 24.5 Å². The molecule has 8 nitrogen and oxygen atoms in total. The molecule has 1 saturated carbocycles. The molecule has 1 aliphatic rings. The Morgan fingerprint density at radius 3 is 2.50 bits per heavy atom. The van der Waals surface area contributed by atoms with Gasteiger partial charge in [-0.05, 0) is 88.0 Å². The second-order valence-electron chi connectivity index (χ2n) is 10.7. The number of benzene rings is 2. The van der Waals surface area contributed by atoms with Crippen molar-refractivity contribution in [3.63, 3.8) is 0 Å². The van der Waals surface area contributed by atoms with Gasteiger partial charge in [-0.15, -0.1) is 12.4 Å². The van der Waals surface area contributed by atoms with Crippen molar-refractivity contribution >= 4 is 35.9 Å². The summed E-state index contributed by atoms with van der Waals surface area (Å²) < 4.78 is 6.04. The van der Waals surface area contributed by atoms with Crippen molar-refractivity contribution in [2.75, 3.05) is 26.7 Å². The van der Waals surface area contributed by atoms with Crippen molar-refractivity contribution in [2.45, 2.75) is 57.6 Å². The van der Waals surface area contributed by atoms with Crippen molar-refractivity contribution in [3.05, 3.63) is 70.9 Å². The van der Waals surface area contributed by atoms with E-state index in [1.54, 1.807) is 12.1 Å². The van der Waals surface area contributed by atoms with Crippen LogP contribution in [0.3, 0.4) is 0 Å². The van der Waals surface area contributed by atoms with Gasteiger partial charge in [0.15, 0.2) is 0 Å². The molecule has 1 amide bonds. The fraction of sp³-hybridized carbons (Fsp3) is 0.406. The summed E-state index contributed by atoms with van der Waals surface area (Å²) in [4.78, 5) is 32.6. The molecule has 1 aromatic heterocycles. The number of aliphatic hydroxyl groups excluding tert-OH is 1. The normalized spacial score (nSPS) is 18.3. The molecule has 0 spiro atoms. The number of nitrogens with one attached hydrogen (secondary N) is 1. The number of halogens is 2. The van der Waals surface area contributed by atoms with Gasteiger partial charge >= 0.3 is 5.97 Å². The van der Waals surface area contributed by atoms with Crippen LogP contribution < -0.4 is 10.1 Å². The van der Waals surface area contributed by atoms with Gasteiger partial charge in [-0.2, -0.15) is 0 Å². The van der Waals surface area contributed by atoms with Crippen LogP contribution in [0.5, 0.6) is 5.75 Å². The zero-order chi connectivity index (χ0) is 29.6. The summed E-state index contributed by atoms with van der Waals surface area (Å²) >= 11 is 6.49. The molecule has 1 fully saturated rings. The topological polar surface area (TPSA) is 112 Å². The molecule has 0 radical (unpaired) electrons. The van der Waals surface area contributed by atoms with Crippen molar-refractivity contribution in [1.82, 2.24) is 15.2 Å². The number of aliphatic carboxylic acids is 1. The zero-order valence-electron chi connectivity index (χ0n) is 24.2. The Morgan fingerprint density at radius 1 is 1.12 bits per heavy atom. The van der Waals surface area contributed by atoms with E-state index in [0.717, 1.165) is 41.8 Å². The number of rotatable bonds is 11. The van der Waals surface area contributed by atoms with E-state index < -0.39 is 23.5 Å². The third-order valence-corrected chi connectivity index (χ3v) is 8.13. The Morgan fingerprint density at radius 2 is 1.83 bits per heavy atom. The highest BCUT2D eigenvalue weighted by molar-refractivity contribution is 6.32. The van der Waals surface area contributed by atoms with Crippen LogP contribution in [0, 0.1) is 6.92 Å². The van der Waals surface area contributed by atoms with Crippen LogP contribution in [0.15, 0.2) is 54.6 Å². The second kappa shape index (κ2) is 14.8. The summed E-state index contributed by atoms with van der Waals surface area (Å²) in [6.07, 6.45) is 1.19. The quantitative estimate of drug-likeness (QED) is 0.226. The summed E-state index contributed by atoms with van der Waals surface area (Å²) in [7, 11) is 2.06. The maximum Gasteiger partial charge on any atom is 0.329 e. The molecule has 2 aromatic carbocycles. The van der Waals surface area contributed by atoms with Gasteiger partial charge in [0, 0.05) is 17.7 Å². The van der Waals surface area contributed by atoms with E-state index in [1.165, 1.54) is 0 Å². The predicted octanol–water partition coefficient (Wildman–Crippen LogP) is 6.01. The van der Waals surface area contributed by atoms with Crippen LogP contribution in [0.1, 0.15) is 55.1 Å². The highest BCUT2D eigenvalue weighted by Crippen LogP contribution is 2.37. The van der Waals surface area contributed by atoms with E-state index in [1.807, 2.05) is 49.4 Å². The van der Waals surface area contributed by atoms with Crippen LogP contribution >= 0.6 is 24.0 Å². The highest BCUT2D eigenvalue weighted by atomic mass is 35.5. The molecule has 10 heteroatoms. The van der Waals surface area contributed by atoms with Crippen molar-refractivity contribution in [1.29, 1.82) is 0 Å². The van der Waals surface area contributed by atoms with Gasteiger partial charge in [-0.3, -0.25) is 4.79 Å². The molecular formula is C32H39Cl2N3O5. The minimum absolute atomic E-state index is 0. The maximum atomic E-state index is 13.4. The van der Waals surface area contributed by atoms with Gasteiger partial charge in [-0.25, -0.2) is 9.78 Å². The number of nitrogens with zero attached hydrogens (tertiary/aromatic N) is 2. The molecule has 4 rings (SSSR count). The Hall–Kier alpha value is -3.17. The third kappa shape index (κ3) is 7.81. The van der Waals surface area contributed by atoms with Gasteiger partial charge in [0.1, 0.15) is 17.0 Å². The van der Waals surface area contributed by atoms with Gasteiger partial charge in [0.25, 0.3) is 5.91 Å². The van der Waals surface area contributed by atoms with Gasteiger partial charge in [0.2, 0.25) is 0 Å². The minimum Gasteiger partial charge on any atom is -0.492 e. The second-order valence-corrected chi connectivity index (χ2v) is 11.1. The lowest BCUT2D eigenvalue weighted by Crippen LogP contribution is -2.57. The lowest BCUT2D eigenvalue weighted by Gasteiger charge is -2.35. The number of hydrogen-bond donors (Lipinski definition) is 3. The van der Waals surface area contributed by atoms with E-state index in [4.69, 9.17) is 21.3 Å². The third-order valence-electron chi connectivity index (χ3n) is 7.82. The number of aryl methyl sites for hydroxylation is 1. The maximum absolute atomic E-state index is 13.4. The molecule has 3 N–H and O–H groups in total. The number of carboxylic acids is 1. The van der Waals surface area contributed by atoms with Crippen LogP contribution in [-0.2, 0) is 4.79 Å². The number of hydrogen-bond acceptors (Lipinski definition) is 6. The molecule has 0 saturated heterocycles. The summed E-state index contributed by atoms with van der Waals surface area (Å²) in [5, 5.41) is 23.1. The van der Waals surface area contributed by atoms with Crippen LogP contribution in [0.25, 0.3) is 22.4 Å². The van der Waals surface area contributed by atoms with Crippen LogP contribution in [0.4, 0.5) is 0 Å². The van der Waals surface area contributed by atoms with Crippen LogP contribution in [-0.4, -0.2) is 70.4 Å². The fourth-order valence-corrected chi connectivity index (χ4v) is 5.28. The minimum atomic E-state index is -1.44. The SMILES string of the molecule is CCN(C)CCCOc1cc(-c2nc(C(=O)NC3(C(=O)O)CCC(O)CC3)ccc2-c2ccccc2C)ccc1Cl.Cl. The number of aromatic nitrogens is 1. The Balaban J connectivity index is 0.00000484. The molecule has 1 heterocycles. The molecule has 1 aliphatic carbocycles. The molecule has 0 atom stereocenters. The fourth-order valence-electron chi connectivity index (χ4n) is 5.10. The first kappa shape index (κ1) is 33.3. The van der Waals surface area contributed by atoms with Gasteiger partial charge in [0.05, 0.1) is 23.4 Å². The first-order valence-corrected chi connectivity index (χ1v) is 14.4. The smallest absolute Gasteiger partial charge is 0.329 e. The van der Waals surface area contributed by atoms with Gasteiger partial charge in [-0.1, -0.05) is 48.9 Å². The van der Waals surface area contributed by atoms with E-state index in [2.05, 4.69) is 24.2 Å². The van der Waals surface area contributed by atoms with E-state index in [9.17, 15) is 19.8 Å². The molecular weight excluding hydrogens is 577 g/mol. The largest absolute Gasteiger partial charge is 0.492 e. The van der Waals surface area contributed by atoms with E-state index >= 15 is 0 Å². The molecule has 0 aliphatic heterocycles. The van der Waals surface area contributed by atoms with Crippen molar-refractivity contribution in [3.8, 4) is 28.1 Å².